The van der Waals surface area contributed by atoms with E-state index >= 15 is 0 Å². The van der Waals surface area contributed by atoms with Gasteiger partial charge in [0, 0.05) is 30.8 Å². The minimum Gasteiger partial charge on any atom is -0.396 e. The van der Waals surface area contributed by atoms with Crippen LogP contribution in [0.1, 0.15) is 19.4 Å². The van der Waals surface area contributed by atoms with Crippen molar-refractivity contribution in [3.63, 3.8) is 0 Å². The quantitative estimate of drug-likeness (QED) is 0.785. The highest BCUT2D eigenvalue weighted by Crippen LogP contribution is 2.10. The Labute approximate surface area is 112 Å². The van der Waals surface area contributed by atoms with Crippen molar-refractivity contribution >= 4 is 17.7 Å². The van der Waals surface area contributed by atoms with Crippen molar-refractivity contribution < 1.29 is 9.90 Å². The molecule has 0 aromatic carbocycles. The van der Waals surface area contributed by atoms with Gasteiger partial charge in [-0.25, -0.2) is 0 Å². The number of hydrogen-bond acceptors (Lipinski definition) is 4. The first-order chi connectivity index (χ1) is 8.63. The van der Waals surface area contributed by atoms with E-state index in [0.717, 1.165) is 5.75 Å². The van der Waals surface area contributed by atoms with E-state index in [4.69, 9.17) is 5.11 Å². The number of nitrogens with zero attached hydrogens (tertiary/aromatic N) is 1. The first kappa shape index (κ1) is 15.0. The van der Waals surface area contributed by atoms with Gasteiger partial charge >= 0.3 is 0 Å². The normalized spacial score (nSPS) is 13.9. The molecule has 5 heteroatoms. The van der Waals surface area contributed by atoms with Crippen LogP contribution in [0.2, 0.25) is 0 Å². The summed E-state index contributed by atoms with van der Waals surface area (Å²) in [6, 6.07) is 3.90. The standard InChI is InChI=1S/C13H20N2O2S/c1-10(7-16)11(2)15-13(17)9-18-8-12-3-5-14-6-4-12/h3-6,10-11,16H,7-9H2,1-2H3,(H,15,17). The zero-order valence-corrected chi connectivity index (χ0v) is 11.6. The van der Waals surface area contributed by atoms with E-state index in [1.165, 1.54) is 5.56 Å². The Morgan fingerprint density at radius 1 is 1.44 bits per heavy atom. The SMILES string of the molecule is CC(CO)C(C)NC(=O)CSCc1ccncc1. The molecule has 2 unspecified atom stereocenters. The topological polar surface area (TPSA) is 62.2 Å². The fourth-order valence-corrected chi connectivity index (χ4v) is 2.14. The van der Waals surface area contributed by atoms with E-state index in [9.17, 15) is 4.79 Å². The zero-order valence-electron chi connectivity index (χ0n) is 10.8. The second-order valence-corrected chi connectivity index (χ2v) is 5.35. The summed E-state index contributed by atoms with van der Waals surface area (Å²) in [6.07, 6.45) is 3.50. The lowest BCUT2D eigenvalue weighted by molar-refractivity contribution is -0.119. The number of aliphatic hydroxyl groups is 1. The van der Waals surface area contributed by atoms with Gasteiger partial charge in [-0.1, -0.05) is 6.92 Å². The molecule has 1 heterocycles. The molecule has 2 atom stereocenters. The number of carbonyl (C=O) groups is 1. The van der Waals surface area contributed by atoms with Gasteiger partial charge in [0.25, 0.3) is 0 Å². The van der Waals surface area contributed by atoms with Gasteiger partial charge in [0.2, 0.25) is 5.91 Å². The first-order valence-electron chi connectivity index (χ1n) is 6.00. The lowest BCUT2D eigenvalue weighted by atomic mass is 10.1. The van der Waals surface area contributed by atoms with Crippen LogP contribution in [0.25, 0.3) is 0 Å². The van der Waals surface area contributed by atoms with Gasteiger partial charge in [0.05, 0.1) is 5.75 Å². The molecule has 1 amide bonds. The maximum Gasteiger partial charge on any atom is 0.230 e. The molecule has 0 radical (unpaired) electrons. The molecule has 0 aliphatic heterocycles. The minimum atomic E-state index is 0.00373. The van der Waals surface area contributed by atoms with Crippen molar-refractivity contribution in [1.29, 1.82) is 0 Å². The highest BCUT2D eigenvalue weighted by atomic mass is 32.2. The van der Waals surface area contributed by atoms with E-state index in [1.807, 2.05) is 26.0 Å². The van der Waals surface area contributed by atoms with Crippen LogP contribution in [0.5, 0.6) is 0 Å². The maximum absolute atomic E-state index is 11.6. The number of aromatic nitrogens is 1. The highest BCUT2D eigenvalue weighted by Gasteiger charge is 2.13. The van der Waals surface area contributed by atoms with Crippen molar-refractivity contribution in [1.82, 2.24) is 10.3 Å². The molecule has 0 saturated carbocycles. The Balaban J connectivity index is 2.21. The summed E-state index contributed by atoms with van der Waals surface area (Å²) in [5, 5.41) is 11.9. The van der Waals surface area contributed by atoms with Crippen molar-refractivity contribution in [3.8, 4) is 0 Å². The van der Waals surface area contributed by atoms with Gasteiger partial charge in [0.15, 0.2) is 0 Å². The Bertz CT molecular complexity index is 359. The molecule has 0 saturated heterocycles. The molecule has 0 spiro atoms. The van der Waals surface area contributed by atoms with E-state index in [-0.39, 0.29) is 24.5 Å². The molecule has 100 valence electrons. The molecule has 0 fully saturated rings. The number of aliphatic hydroxyl groups excluding tert-OH is 1. The Kier molecular flexibility index (Phi) is 6.75. The molecule has 1 aromatic heterocycles. The second kappa shape index (κ2) is 8.11. The Morgan fingerprint density at radius 2 is 2.11 bits per heavy atom. The second-order valence-electron chi connectivity index (χ2n) is 4.36. The largest absolute Gasteiger partial charge is 0.396 e. The van der Waals surface area contributed by atoms with Crippen LogP contribution in [-0.2, 0) is 10.5 Å². The summed E-state index contributed by atoms with van der Waals surface area (Å²) in [5.74, 6) is 1.34. The average Bonchev–Trinajstić information content (AvgIpc) is 2.38. The lowest BCUT2D eigenvalue weighted by Gasteiger charge is -2.19. The van der Waals surface area contributed by atoms with E-state index in [0.29, 0.717) is 5.75 Å². The highest BCUT2D eigenvalue weighted by molar-refractivity contribution is 7.99. The number of hydrogen-bond donors (Lipinski definition) is 2. The van der Waals surface area contributed by atoms with E-state index in [2.05, 4.69) is 10.3 Å². The van der Waals surface area contributed by atoms with Crippen molar-refractivity contribution in [2.75, 3.05) is 12.4 Å². The molecule has 1 aromatic rings. The molecule has 4 nitrogen and oxygen atoms in total. The molecule has 1 rings (SSSR count). The molecule has 0 aliphatic carbocycles. The van der Waals surface area contributed by atoms with Crippen LogP contribution in [0.15, 0.2) is 24.5 Å². The third kappa shape index (κ3) is 5.51. The third-order valence-electron chi connectivity index (χ3n) is 2.78. The fourth-order valence-electron chi connectivity index (χ4n) is 1.34. The predicted octanol–water partition coefficient (Wildman–Crippen LogP) is 1.45. The summed E-state index contributed by atoms with van der Waals surface area (Å²) in [7, 11) is 0. The van der Waals surface area contributed by atoms with Crippen LogP contribution in [0, 0.1) is 5.92 Å². The van der Waals surface area contributed by atoms with Crippen molar-refractivity contribution in [2.45, 2.75) is 25.6 Å². The van der Waals surface area contributed by atoms with Gasteiger partial charge in [-0.3, -0.25) is 9.78 Å². The smallest absolute Gasteiger partial charge is 0.230 e. The summed E-state index contributed by atoms with van der Waals surface area (Å²) < 4.78 is 0. The molecule has 0 bridgehead atoms. The number of amides is 1. The molecular weight excluding hydrogens is 248 g/mol. The summed E-state index contributed by atoms with van der Waals surface area (Å²) in [4.78, 5) is 15.6. The first-order valence-corrected chi connectivity index (χ1v) is 7.15. The summed E-state index contributed by atoms with van der Waals surface area (Å²) in [6.45, 7) is 3.91. The summed E-state index contributed by atoms with van der Waals surface area (Å²) in [5.41, 5.74) is 1.17. The minimum absolute atomic E-state index is 0.00373. The number of pyridine rings is 1. The maximum atomic E-state index is 11.6. The molecule has 0 aliphatic rings. The third-order valence-corrected chi connectivity index (χ3v) is 3.79. The molecular formula is C13H20N2O2S. The molecule has 18 heavy (non-hydrogen) atoms. The monoisotopic (exact) mass is 268 g/mol. The molecule has 2 N–H and O–H groups in total. The average molecular weight is 268 g/mol. The van der Waals surface area contributed by atoms with Gasteiger partial charge in [-0.15, -0.1) is 11.8 Å². The van der Waals surface area contributed by atoms with E-state index in [1.54, 1.807) is 24.2 Å². The van der Waals surface area contributed by atoms with Gasteiger partial charge in [0.1, 0.15) is 0 Å². The Hall–Kier alpha value is -1.07. The van der Waals surface area contributed by atoms with Gasteiger partial charge in [-0.05, 0) is 30.5 Å². The van der Waals surface area contributed by atoms with E-state index < -0.39 is 0 Å². The Morgan fingerprint density at radius 3 is 2.72 bits per heavy atom. The van der Waals surface area contributed by atoms with Crippen LogP contribution in [-0.4, -0.2) is 34.4 Å². The van der Waals surface area contributed by atoms with Crippen LogP contribution in [0.4, 0.5) is 0 Å². The van der Waals surface area contributed by atoms with Crippen LogP contribution < -0.4 is 5.32 Å². The van der Waals surface area contributed by atoms with Gasteiger partial charge in [-0.2, -0.15) is 0 Å². The number of nitrogens with one attached hydrogen (secondary N) is 1. The van der Waals surface area contributed by atoms with Crippen molar-refractivity contribution in [2.24, 2.45) is 5.92 Å². The van der Waals surface area contributed by atoms with Crippen LogP contribution in [0.3, 0.4) is 0 Å². The number of carbonyl (C=O) groups excluding carboxylic acids is 1. The number of thioether (sulfide) groups is 1. The predicted molar refractivity (Wildman–Crippen MR) is 74.3 cm³/mol. The van der Waals surface area contributed by atoms with Crippen LogP contribution >= 0.6 is 11.8 Å². The fraction of sp³-hybridized carbons (Fsp3) is 0.538. The lowest BCUT2D eigenvalue weighted by Crippen LogP contribution is -2.39. The van der Waals surface area contributed by atoms with Gasteiger partial charge < -0.3 is 10.4 Å². The number of rotatable bonds is 7. The van der Waals surface area contributed by atoms with Crippen molar-refractivity contribution in [3.05, 3.63) is 30.1 Å². The zero-order chi connectivity index (χ0) is 13.4. The summed E-state index contributed by atoms with van der Waals surface area (Å²) >= 11 is 1.57.